The molecule has 110 valence electrons. The number of benzene rings is 1. The minimum atomic E-state index is -0.128. The Bertz CT molecular complexity index is 632. The van der Waals surface area contributed by atoms with Crippen LogP contribution in [-0.2, 0) is 18.5 Å². The van der Waals surface area contributed by atoms with Gasteiger partial charge in [0, 0.05) is 12.0 Å². The van der Waals surface area contributed by atoms with Crippen LogP contribution in [0.5, 0.6) is 0 Å². The lowest BCUT2D eigenvalue weighted by Crippen LogP contribution is -2.17. The van der Waals surface area contributed by atoms with Crippen LogP contribution in [0.25, 0.3) is 0 Å². The van der Waals surface area contributed by atoms with Gasteiger partial charge in [-0.3, -0.25) is 4.90 Å². The van der Waals surface area contributed by atoms with E-state index in [1.165, 1.54) is 0 Å². The molecule has 2 aromatic rings. The first kappa shape index (κ1) is 15.2. The van der Waals surface area contributed by atoms with Crippen LogP contribution in [0.3, 0.4) is 0 Å². The first-order chi connectivity index (χ1) is 9.88. The fourth-order valence-corrected chi connectivity index (χ4v) is 1.90. The van der Waals surface area contributed by atoms with Gasteiger partial charge in [0.1, 0.15) is 0 Å². The molecule has 2 rings (SSSR count). The van der Waals surface area contributed by atoms with E-state index in [0.717, 1.165) is 12.1 Å². The van der Waals surface area contributed by atoms with E-state index >= 15 is 0 Å². The van der Waals surface area contributed by atoms with Gasteiger partial charge in [-0.05, 0) is 24.7 Å². The molecule has 0 bridgehead atoms. The molecular formula is C16H20N4O. The zero-order valence-electron chi connectivity index (χ0n) is 12.9. The van der Waals surface area contributed by atoms with Gasteiger partial charge in [-0.2, -0.15) is 5.26 Å². The monoisotopic (exact) mass is 284 g/mol. The topological polar surface area (TPSA) is 66.0 Å². The lowest BCUT2D eigenvalue weighted by molar-refractivity contribution is 0.269. The van der Waals surface area contributed by atoms with Gasteiger partial charge in [0.05, 0.1) is 18.2 Å². The van der Waals surface area contributed by atoms with Gasteiger partial charge < -0.3 is 4.42 Å². The van der Waals surface area contributed by atoms with Gasteiger partial charge in [-0.1, -0.05) is 32.9 Å². The van der Waals surface area contributed by atoms with Crippen LogP contribution in [0.1, 0.15) is 43.7 Å². The lowest BCUT2D eigenvalue weighted by Gasteiger charge is -2.15. The van der Waals surface area contributed by atoms with Crippen molar-refractivity contribution in [3.8, 4) is 6.07 Å². The molecule has 0 atom stereocenters. The predicted molar refractivity (Wildman–Crippen MR) is 79.3 cm³/mol. The highest BCUT2D eigenvalue weighted by Gasteiger charge is 2.21. The third-order valence-electron chi connectivity index (χ3n) is 3.05. The van der Waals surface area contributed by atoms with Crippen molar-refractivity contribution < 1.29 is 4.42 Å². The van der Waals surface area contributed by atoms with Gasteiger partial charge in [-0.25, -0.2) is 0 Å². The normalized spacial score (nSPS) is 11.6. The average molecular weight is 284 g/mol. The second kappa shape index (κ2) is 6.06. The summed E-state index contributed by atoms with van der Waals surface area (Å²) < 4.78 is 5.69. The van der Waals surface area contributed by atoms with Crippen molar-refractivity contribution in [3.05, 3.63) is 47.2 Å². The molecule has 0 N–H and O–H groups in total. The number of hydrogen-bond acceptors (Lipinski definition) is 5. The molecule has 0 saturated carbocycles. The minimum Gasteiger partial charge on any atom is -0.423 e. The zero-order chi connectivity index (χ0) is 15.5. The standard InChI is InChI=1S/C16H20N4O/c1-16(2,3)15-19-18-14(21-15)11-20(4)10-13-7-5-12(9-17)6-8-13/h5-8H,10-11H2,1-4H3. The Morgan fingerprint density at radius 3 is 2.33 bits per heavy atom. The summed E-state index contributed by atoms with van der Waals surface area (Å²) in [5.41, 5.74) is 1.69. The van der Waals surface area contributed by atoms with Gasteiger partial charge in [0.15, 0.2) is 0 Å². The van der Waals surface area contributed by atoms with E-state index in [2.05, 4.69) is 21.2 Å². The van der Waals surface area contributed by atoms with E-state index in [0.29, 0.717) is 23.9 Å². The van der Waals surface area contributed by atoms with E-state index in [1.54, 1.807) is 0 Å². The van der Waals surface area contributed by atoms with E-state index in [9.17, 15) is 0 Å². The van der Waals surface area contributed by atoms with Gasteiger partial charge >= 0.3 is 0 Å². The maximum absolute atomic E-state index is 8.79. The number of nitrogens with zero attached hydrogens (tertiary/aromatic N) is 4. The summed E-state index contributed by atoms with van der Waals surface area (Å²) in [6.45, 7) is 7.50. The van der Waals surface area contributed by atoms with Crippen LogP contribution >= 0.6 is 0 Å². The van der Waals surface area contributed by atoms with Crippen molar-refractivity contribution >= 4 is 0 Å². The van der Waals surface area contributed by atoms with E-state index in [1.807, 2.05) is 52.1 Å². The van der Waals surface area contributed by atoms with Crippen molar-refractivity contribution in [2.75, 3.05) is 7.05 Å². The van der Waals surface area contributed by atoms with Crippen LogP contribution < -0.4 is 0 Å². The van der Waals surface area contributed by atoms with Crippen molar-refractivity contribution in [2.45, 2.75) is 39.3 Å². The smallest absolute Gasteiger partial charge is 0.230 e. The zero-order valence-corrected chi connectivity index (χ0v) is 12.9. The van der Waals surface area contributed by atoms with Crippen LogP contribution in [0.15, 0.2) is 28.7 Å². The largest absolute Gasteiger partial charge is 0.423 e. The third kappa shape index (κ3) is 4.14. The van der Waals surface area contributed by atoms with Crippen molar-refractivity contribution in [1.29, 1.82) is 5.26 Å². The third-order valence-corrected chi connectivity index (χ3v) is 3.05. The SMILES string of the molecule is CN(Cc1ccc(C#N)cc1)Cc1nnc(C(C)(C)C)o1. The number of rotatable bonds is 4. The molecule has 1 aromatic carbocycles. The van der Waals surface area contributed by atoms with E-state index in [-0.39, 0.29) is 5.41 Å². The quantitative estimate of drug-likeness (QED) is 0.863. The molecule has 0 aliphatic carbocycles. The molecule has 0 radical (unpaired) electrons. The Kier molecular flexibility index (Phi) is 4.39. The predicted octanol–water partition coefficient (Wildman–Crippen LogP) is 2.87. The summed E-state index contributed by atoms with van der Waals surface area (Å²) in [7, 11) is 2.00. The first-order valence-corrected chi connectivity index (χ1v) is 6.89. The van der Waals surface area contributed by atoms with E-state index < -0.39 is 0 Å². The minimum absolute atomic E-state index is 0.128. The molecule has 0 spiro atoms. The molecule has 0 unspecified atom stereocenters. The maximum Gasteiger partial charge on any atom is 0.230 e. The molecule has 21 heavy (non-hydrogen) atoms. The van der Waals surface area contributed by atoms with Crippen LogP contribution in [-0.4, -0.2) is 22.1 Å². The summed E-state index contributed by atoms with van der Waals surface area (Å²) in [4.78, 5) is 2.10. The maximum atomic E-state index is 8.79. The molecule has 0 fully saturated rings. The molecule has 1 aromatic heterocycles. The molecule has 0 aliphatic rings. The number of hydrogen-bond donors (Lipinski definition) is 0. The highest BCUT2D eigenvalue weighted by molar-refractivity contribution is 5.31. The Hall–Kier alpha value is -2.19. The second-order valence-corrected chi connectivity index (χ2v) is 6.23. The molecule has 5 heteroatoms. The van der Waals surface area contributed by atoms with Crippen molar-refractivity contribution in [2.24, 2.45) is 0 Å². The Balaban J connectivity index is 1.96. The van der Waals surface area contributed by atoms with Crippen molar-refractivity contribution in [3.63, 3.8) is 0 Å². The summed E-state index contributed by atoms with van der Waals surface area (Å²) in [6, 6.07) is 9.69. The van der Waals surface area contributed by atoms with Crippen LogP contribution in [0.2, 0.25) is 0 Å². The Morgan fingerprint density at radius 2 is 1.81 bits per heavy atom. The molecule has 0 aliphatic heterocycles. The van der Waals surface area contributed by atoms with Crippen LogP contribution in [0, 0.1) is 11.3 Å². The highest BCUT2D eigenvalue weighted by atomic mass is 16.4. The highest BCUT2D eigenvalue weighted by Crippen LogP contribution is 2.20. The van der Waals surface area contributed by atoms with Gasteiger partial charge in [-0.15, -0.1) is 10.2 Å². The number of nitriles is 1. The molecular weight excluding hydrogens is 264 g/mol. The summed E-state index contributed by atoms with van der Waals surface area (Å²) in [6.07, 6.45) is 0. The molecule has 0 amide bonds. The van der Waals surface area contributed by atoms with E-state index in [4.69, 9.17) is 9.68 Å². The summed E-state index contributed by atoms with van der Waals surface area (Å²) in [5.74, 6) is 1.28. The summed E-state index contributed by atoms with van der Waals surface area (Å²) in [5, 5.41) is 17.0. The fraction of sp³-hybridized carbons (Fsp3) is 0.438. The van der Waals surface area contributed by atoms with Crippen molar-refractivity contribution in [1.82, 2.24) is 15.1 Å². The number of aromatic nitrogens is 2. The fourth-order valence-electron chi connectivity index (χ4n) is 1.90. The van der Waals surface area contributed by atoms with Crippen LogP contribution in [0.4, 0.5) is 0 Å². The Labute approximate surface area is 125 Å². The molecule has 5 nitrogen and oxygen atoms in total. The van der Waals surface area contributed by atoms with Gasteiger partial charge in [0.2, 0.25) is 11.8 Å². The van der Waals surface area contributed by atoms with Gasteiger partial charge in [0.25, 0.3) is 0 Å². The second-order valence-electron chi connectivity index (χ2n) is 6.23. The lowest BCUT2D eigenvalue weighted by atomic mass is 9.97. The Morgan fingerprint density at radius 1 is 1.14 bits per heavy atom. The average Bonchev–Trinajstić information content (AvgIpc) is 2.88. The molecule has 1 heterocycles. The first-order valence-electron chi connectivity index (χ1n) is 6.89. The summed E-state index contributed by atoms with van der Waals surface area (Å²) >= 11 is 0. The molecule has 0 saturated heterocycles.